The van der Waals surface area contributed by atoms with E-state index in [9.17, 15) is 0 Å². The van der Waals surface area contributed by atoms with Crippen LogP contribution >= 0.6 is 0 Å². The number of hydrogen-bond acceptors (Lipinski definition) is 4. The number of imidazole rings is 1. The topological polar surface area (TPSA) is 62.3 Å². The Balaban J connectivity index is 2.41. The van der Waals surface area contributed by atoms with Crippen molar-refractivity contribution in [1.82, 2.24) is 9.55 Å². The van der Waals surface area contributed by atoms with Crippen LogP contribution in [0.4, 0.5) is 0 Å². The predicted molar refractivity (Wildman–Crippen MR) is 69.4 cm³/mol. The molecule has 0 atom stereocenters. The quantitative estimate of drug-likeness (QED) is 0.867. The lowest BCUT2D eigenvalue weighted by Crippen LogP contribution is -2.07. The van der Waals surface area contributed by atoms with Crippen LogP contribution in [0.15, 0.2) is 30.7 Å². The van der Waals surface area contributed by atoms with Crippen LogP contribution in [0.5, 0.6) is 11.5 Å². The highest BCUT2D eigenvalue weighted by atomic mass is 16.5. The van der Waals surface area contributed by atoms with Gasteiger partial charge in [0.15, 0.2) is 11.5 Å². The average molecular weight is 247 g/mol. The third-order valence-corrected chi connectivity index (χ3v) is 2.76. The van der Waals surface area contributed by atoms with Crippen molar-refractivity contribution >= 4 is 0 Å². The van der Waals surface area contributed by atoms with Gasteiger partial charge in [-0.1, -0.05) is 0 Å². The zero-order valence-electron chi connectivity index (χ0n) is 10.6. The Bertz CT molecular complexity index is 523. The van der Waals surface area contributed by atoms with Crippen LogP contribution in [0.1, 0.15) is 5.69 Å². The van der Waals surface area contributed by atoms with Crippen molar-refractivity contribution in [1.29, 1.82) is 0 Å². The Morgan fingerprint density at radius 2 is 2.00 bits per heavy atom. The van der Waals surface area contributed by atoms with Crippen molar-refractivity contribution in [3.05, 3.63) is 36.4 Å². The minimum absolute atomic E-state index is 0.596. The van der Waals surface area contributed by atoms with Crippen LogP contribution in [0.3, 0.4) is 0 Å². The number of benzene rings is 1. The van der Waals surface area contributed by atoms with Gasteiger partial charge in [-0.15, -0.1) is 0 Å². The number of methoxy groups -OCH3 is 2. The lowest BCUT2D eigenvalue weighted by molar-refractivity contribution is 0.355. The molecule has 0 bridgehead atoms. The number of hydrogen-bond donors (Lipinski definition) is 1. The summed E-state index contributed by atoms with van der Waals surface area (Å²) >= 11 is 0. The zero-order chi connectivity index (χ0) is 13.0. The minimum Gasteiger partial charge on any atom is -0.493 e. The molecule has 1 aromatic carbocycles. The molecule has 0 unspecified atom stereocenters. The van der Waals surface area contributed by atoms with Gasteiger partial charge in [0.1, 0.15) is 0 Å². The molecular formula is C13H17N3O2. The van der Waals surface area contributed by atoms with E-state index in [0.717, 1.165) is 17.8 Å². The van der Waals surface area contributed by atoms with Crippen LogP contribution < -0.4 is 15.2 Å². The standard InChI is InChI=1S/C13H17N3O2/c1-17-12-4-3-10(7-13(12)18-2)16-9-15-8-11(16)5-6-14/h3-4,7-9H,5-6,14H2,1-2H3. The molecule has 1 aromatic heterocycles. The van der Waals surface area contributed by atoms with E-state index in [2.05, 4.69) is 4.98 Å². The van der Waals surface area contributed by atoms with E-state index in [0.29, 0.717) is 18.0 Å². The third kappa shape index (κ3) is 2.31. The monoisotopic (exact) mass is 247 g/mol. The summed E-state index contributed by atoms with van der Waals surface area (Å²) < 4.78 is 12.5. The fourth-order valence-electron chi connectivity index (χ4n) is 1.86. The van der Waals surface area contributed by atoms with Gasteiger partial charge >= 0.3 is 0 Å². The smallest absolute Gasteiger partial charge is 0.162 e. The summed E-state index contributed by atoms with van der Waals surface area (Å²) in [6.07, 6.45) is 4.38. The molecule has 18 heavy (non-hydrogen) atoms. The van der Waals surface area contributed by atoms with Crippen molar-refractivity contribution in [3.8, 4) is 17.2 Å². The molecule has 2 aromatic rings. The molecule has 0 aliphatic heterocycles. The highest BCUT2D eigenvalue weighted by Crippen LogP contribution is 2.29. The second-order valence-corrected chi connectivity index (χ2v) is 3.83. The molecule has 0 aliphatic rings. The summed E-state index contributed by atoms with van der Waals surface area (Å²) in [6, 6.07) is 5.75. The van der Waals surface area contributed by atoms with Crippen molar-refractivity contribution in [2.24, 2.45) is 5.73 Å². The fourth-order valence-corrected chi connectivity index (χ4v) is 1.86. The lowest BCUT2D eigenvalue weighted by Gasteiger charge is -2.12. The van der Waals surface area contributed by atoms with Gasteiger partial charge in [-0.2, -0.15) is 0 Å². The number of ether oxygens (including phenoxy) is 2. The molecule has 0 spiro atoms. The lowest BCUT2D eigenvalue weighted by atomic mass is 10.2. The van der Waals surface area contributed by atoms with Crippen molar-refractivity contribution < 1.29 is 9.47 Å². The number of nitrogens with zero attached hydrogens (tertiary/aromatic N) is 2. The van der Waals surface area contributed by atoms with Crippen LogP contribution in [-0.2, 0) is 6.42 Å². The van der Waals surface area contributed by atoms with E-state index >= 15 is 0 Å². The molecule has 0 saturated heterocycles. The maximum atomic E-state index is 5.58. The molecule has 96 valence electrons. The summed E-state index contributed by atoms with van der Waals surface area (Å²) in [5.74, 6) is 1.41. The van der Waals surface area contributed by atoms with Gasteiger partial charge in [-0.25, -0.2) is 4.98 Å². The molecule has 5 heteroatoms. The molecule has 0 radical (unpaired) electrons. The first-order valence-electron chi connectivity index (χ1n) is 5.74. The highest BCUT2D eigenvalue weighted by molar-refractivity contribution is 5.49. The third-order valence-electron chi connectivity index (χ3n) is 2.76. The van der Waals surface area contributed by atoms with E-state index in [4.69, 9.17) is 15.2 Å². The predicted octanol–water partition coefficient (Wildman–Crippen LogP) is 1.39. The van der Waals surface area contributed by atoms with Gasteiger partial charge in [0.2, 0.25) is 0 Å². The van der Waals surface area contributed by atoms with E-state index in [1.54, 1.807) is 20.5 Å². The molecule has 0 fully saturated rings. The molecule has 2 N–H and O–H groups in total. The second kappa shape index (κ2) is 5.55. The second-order valence-electron chi connectivity index (χ2n) is 3.83. The first kappa shape index (κ1) is 12.4. The van der Waals surface area contributed by atoms with Crippen LogP contribution in [0.2, 0.25) is 0 Å². The first-order chi connectivity index (χ1) is 8.80. The van der Waals surface area contributed by atoms with Gasteiger partial charge in [0.25, 0.3) is 0 Å². The highest BCUT2D eigenvalue weighted by Gasteiger charge is 2.08. The van der Waals surface area contributed by atoms with Crippen molar-refractivity contribution in [3.63, 3.8) is 0 Å². The van der Waals surface area contributed by atoms with Gasteiger partial charge < -0.3 is 19.8 Å². The van der Waals surface area contributed by atoms with Gasteiger partial charge in [-0.05, 0) is 18.7 Å². The van der Waals surface area contributed by atoms with Gasteiger partial charge in [-0.3, -0.25) is 0 Å². The molecular weight excluding hydrogens is 230 g/mol. The summed E-state index contributed by atoms with van der Waals surface area (Å²) in [7, 11) is 3.24. The minimum atomic E-state index is 0.596. The Kier molecular flexibility index (Phi) is 3.84. The SMILES string of the molecule is COc1ccc(-n2cncc2CCN)cc1OC. The Morgan fingerprint density at radius 3 is 2.67 bits per heavy atom. The van der Waals surface area contributed by atoms with Crippen LogP contribution in [0.25, 0.3) is 5.69 Å². The van der Waals surface area contributed by atoms with E-state index in [1.807, 2.05) is 29.0 Å². The largest absolute Gasteiger partial charge is 0.493 e. The summed E-state index contributed by atoms with van der Waals surface area (Å²) in [4.78, 5) is 4.15. The zero-order valence-corrected chi connectivity index (χ0v) is 10.6. The maximum absolute atomic E-state index is 5.58. The Labute approximate surface area is 106 Å². The van der Waals surface area contributed by atoms with E-state index < -0.39 is 0 Å². The molecule has 2 rings (SSSR count). The molecule has 1 heterocycles. The van der Waals surface area contributed by atoms with E-state index in [-0.39, 0.29) is 0 Å². The Hall–Kier alpha value is -2.01. The summed E-state index contributed by atoms with van der Waals surface area (Å²) in [5.41, 5.74) is 7.64. The molecule has 0 amide bonds. The molecule has 0 saturated carbocycles. The van der Waals surface area contributed by atoms with E-state index in [1.165, 1.54) is 0 Å². The van der Waals surface area contributed by atoms with Gasteiger partial charge in [0, 0.05) is 24.4 Å². The average Bonchev–Trinajstić information content (AvgIpc) is 2.86. The van der Waals surface area contributed by atoms with Gasteiger partial charge in [0.05, 0.1) is 26.2 Å². The number of nitrogens with two attached hydrogens (primary N) is 1. The first-order valence-corrected chi connectivity index (χ1v) is 5.74. The summed E-state index contributed by atoms with van der Waals surface area (Å²) in [5, 5.41) is 0. The fraction of sp³-hybridized carbons (Fsp3) is 0.308. The van der Waals surface area contributed by atoms with Crippen LogP contribution in [-0.4, -0.2) is 30.3 Å². The number of aromatic nitrogens is 2. The molecule has 5 nitrogen and oxygen atoms in total. The van der Waals surface area contributed by atoms with Crippen molar-refractivity contribution in [2.75, 3.05) is 20.8 Å². The van der Waals surface area contributed by atoms with Crippen molar-refractivity contribution in [2.45, 2.75) is 6.42 Å². The molecule has 0 aliphatic carbocycles. The maximum Gasteiger partial charge on any atom is 0.162 e. The summed E-state index contributed by atoms with van der Waals surface area (Å²) in [6.45, 7) is 0.596. The Morgan fingerprint density at radius 1 is 1.22 bits per heavy atom. The number of rotatable bonds is 5. The normalized spacial score (nSPS) is 10.4. The van der Waals surface area contributed by atoms with Crippen LogP contribution in [0, 0.1) is 0 Å².